The minimum Gasteiger partial charge on any atom is -0.302 e. The fraction of sp³-hybridized carbons (Fsp3) is 0.273. The number of para-hydroxylation sites is 2. The number of rotatable bonds is 8. The van der Waals surface area contributed by atoms with E-state index in [0.717, 1.165) is 51.5 Å². The highest BCUT2D eigenvalue weighted by molar-refractivity contribution is 7.23. The van der Waals surface area contributed by atoms with Crippen LogP contribution in [0.1, 0.15) is 143 Å². The van der Waals surface area contributed by atoms with E-state index < -0.39 is 0 Å². The quantitative estimate of drug-likeness (QED) is 0.113. The highest BCUT2D eigenvalue weighted by atomic mass is 31.0. The van der Waals surface area contributed by atoms with E-state index in [-0.39, 0.29) is 5.41 Å². The number of imidazole rings is 2. The van der Waals surface area contributed by atoms with E-state index in [1.165, 1.54) is 33.6 Å². The third-order valence-electron chi connectivity index (χ3n) is 11.3. The van der Waals surface area contributed by atoms with Gasteiger partial charge in [0, 0.05) is 63.6 Å². The third kappa shape index (κ3) is 8.90. The molecule has 5 heteroatoms. The van der Waals surface area contributed by atoms with Gasteiger partial charge in [-0.1, -0.05) is 161 Å². The molecule has 0 spiro atoms. The molecule has 1 aliphatic rings. The predicted octanol–water partition coefficient (Wildman–Crippen LogP) is 13.0. The van der Waals surface area contributed by atoms with Gasteiger partial charge >= 0.3 is 0 Å². The van der Waals surface area contributed by atoms with Crippen molar-refractivity contribution in [3.05, 3.63) is 178 Å². The fourth-order valence-corrected chi connectivity index (χ4v) is 8.26. The van der Waals surface area contributed by atoms with Gasteiger partial charge in [-0.25, -0.2) is 9.97 Å². The third-order valence-corrected chi connectivity index (χ3v) is 11.5. The van der Waals surface area contributed by atoms with Crippen LogP contribution in [0, 0.1) is 35.3 Å². The van der Waals surface area contributed by atoms with Crippen molar-refractivity contribution in [2.75, 3.05) is 0 Å². The molecule has 0 saturated heterocycles. The molecule has 4 aromatic carbocycles. The van der Waals surface area contributed by atoms with E-state index in [1.54, 1.807) is 0 Å². The number of aromatic nitrogens is 4. The van der Waals surface area contributed by atoms with Crippen LogP contribution in [0.5, 0.6) is 0 Å². The van der Waals surface area contributed by atoms with Gasteiger partial charge in [0.1, 0.15) is 11.6 Å². The number of hydrogen-bond donors (Lipinski definition) is 0. The number of benzene rings is 4. The number of hydrogen-bond acceptors (Lipinski definition) is 2. The zero-order valence-corrected chi connectivity index (χ0v) is 37.6. The second-order valence-electron chi connectivity index (χ2n) is 17.2. The molecule has 6 aromatic rings. The zero-order valence-electron chi connectivity index (χ0n) is 36.4. The summed E-state index contributed by atoms with van der Waals surface area (Å²) < 4.78 is 4.57. The first-order chi connectivity index (χ1) is 28.9. The summed E-state index contributed by atoms with van der Waals surface area (Å²) in [5.41, 5.74) is 16.1. The summed E-state index contributed by atoms with van der Waals surface area (Å²) in [7, 11) is 2.49. The highest BCUT2D eigenvalue weighted by Gasteiger charge is 2.31. The molecule has 0 bridgehead atoms. The molecule has 0 fully saturated rings. The van der Waals surface area contributed by atoms with E-state index in [2.05, 4.69) is 207 Å². The molecule has 60 heavy (non-hydrogen) atoms. The summed E-state index contributed by atoms with van der Waals surface area (Å²) >= 11 is 0. The predicted molar refractivity (Wildman–Crippen MR) is 254 cm³/mol. The Morgan fingerprint density at radius 2 is 1.07 bits per heavy atom. The zero-order chi connectivity index (χ0) is 42.6. The Balaban J connectivity index is 1.12. The molecular formula is C55H55N4P. The summed E-state index contributed by atoms with van der Waals surface area (Å²) in [6, 6.07) is 27.8. The summed E-state index contributed by atoms with van der Waals surface area (Å²) in [4.78, 5) is 9.76. The Morgan fingerprint density at radius 1 is 0.583 bits per heavy atom. The van der Waals surface area contributed by atoms with E-state index in [1.807, 2.05) is 30.6 Å². The molecule has 0 N–H and O–H groups in total. The normalized spacial score (nSPS) is 14.7. The van der Waals surface area contributed by atoms with Gasteiger partial charge < -0.3 is 4.57 Å². The summed E-state index contributed by atoms with van der Waals surface area (Å²) in [6.45, 7) is 20.3. The van der Waals surface area contributed by atoms with Crippen molar-refractivity contribution in [3.63, 3.8) is 0 Å². The van der Waals surface area contributed by atoms with Crippen molar-refractivity contribution in [3.8, 4) is 58.0 Å². The van der Waals surface area contributed by atoms with Crippen LogP contribution < -0.4 is 0 Å². The lowest BCUT2D eigenvalue weighted by molar-refractivity contribution is 0.543. The van der Waals surface area contributed by atoms with Gasteiger partial charge in [-0.2, -0.15) is 0 Å². The van der Waals surface area contributed by atoms with Gasteiger partial charge in [0.2, 0.25) is 0 Å². The van der Waals surface area contributed by atoms with Gasteiger partial charge in [-0.3, -0.25) is 4.57 Å². The Hall–Kier alpha value is -6.11. The smallest absolute Gasteiger partial charge is 0.144 e. The fourth-order valence-electron chi connectivity index (χ4n) is 8.09. The monoisotopic (exact) mass is 802 g/mol. The molecular weight excluding hydrogens is 748 g/mol. The molecule has 1 aliphatic carbocycles. The van der Waals surface area contributed by atoms with Crippen molar-refractivity contribution in [1.82, 2.24) is 19.1 Å². The number of nitrogens with zero attached hydrogens (tertiary/aromatic N) is 4. The maximum atomic E-state index is 4.95. The maximum Gasteiger partial charge on any atom is 0.144 e. The van der Waals surface area contributed by atoms with Gasteiger partial charge in [0.05, 0.1) is 11.4 Å². The van der Waals surface area contributed by atoms with Crippen molar-refractivity contribution >= 4 is 9.24 Å². The van der Waals surface area contributed by atoms with Crippen LogP contribution in [0.4, 0.5) is 0 Å². The molecule has 2 atom stereocenters. The lowest BCUT2D eigenvalue weighted by Gasteiger charge is -2.30. The minimum absolute atomic E-state index is 0.278. The van der Waals surface area contributed by atoms with Gasteiger partial charge in [-0.05, 0) is 95.7 Å². The lowest BCUT2D eigenvalue weighted by Crippen LogP contribution is -2.26. The first kappa shape index (κ1) is 42.0. The van der Waals surface area contributed by atoms with Crippen LogP contribution in [0.15, 0.2) is 127 Å². The summed E-state index contributed by atoms with van der Waals surface area (Å²) in [5, 5.41) is 0. The molecule has 0 saturated carbocycles. The highest BCUT2D eigenvalue weighted by Crippen LogP contribution is 2.38. The Labute approximate surface area is 360 Å². The van der Waals surface area contributed by atoms with Gasteiger partial charge in [-0.15, -0.1) is 0 Å². The van der Waals surface area contributed by atoms with Crippen LogP contribution in [-0.4, -0.2) is 19.1 Å². The molecule has 0 aliphatic heterocycles. The largest absolute Gasteiger partial charge is 0.302 e. The van der Waals surface area contributed by atoms with Crippen LogP contribution in [0.2, 0.25) is 0 Å². The molecule has 300 valence electrons. The van der Waals surface area contributed by atoms with Gasteiger partial charge in [0.15, 0.2) is 0 Å². The van der Waals surface area contributed by atoms with Crippen LogP contribution in [0.25, 0.3) is 22.8 Å². The maximum absolute atomic E-state index is 4.95. The van der Waals surface area contributed by atoms with Crippen molar-refractivity contribution < 1.29 is 0 Å². The topological polar surface area (TPSA) is 35.6 Å². The van der Waals surface area contributed by atoms with Crippen molar-refractivity contribution in [2.45, 2.75) is 97.8 Å². The molecule has 7 rings (SSSR count). The first-order valence-corrected chi connectivity index (χ1v) is 21.7. The second-order valence-corrected chi connectivity index (χ2v) is 17.5. The standard InChI is InChI=1S/C55H55N4P/c1-37(2)47-12-10-13-48(38(3)4)51(47)58-31-29-56-53(58)46-22-20-41(21-23-46)16-18-43-34-44(36-45(35-43)26-33-60)19-17-42-24-27-55(9,28-25-42)54-57-30-32-59(54)52-49(39(5)6)14-11-15-50(52)40(7)8/h10-15,20-25,27,29-32,34-40H,28,60H2,1-9H3. The average molecular weight is 803 g/mol. The van der Waals surface area contributed by atoms with Crippen molar-refractivity contribution in [1.29, 1.82) is 0 Å². The van der Waals surface area contributed by atoms with Crippen LogP contribution in [-0.2, 0) is 5.41 Å². The lowest BCUT2D eigenvalue weighted by atomic mass is 9.80. The van der Waals surface area contributed by atoms with Crippen molar-refractivity contribution in [2.24, 2.45) is 0 Å². The molecule has 0 radical (unpaired) electrons. The number of allylic oxidation sites excluding steroid dienone is 4. The van der Waals surface area contributed by atoms with Crippen LogP contribution in [0.3, 0.4) is 0 Å². The summed E-state index contributed by atoms with van der Waals surface area (Å²) in [5.74, 6) is 20.3. The van der Waals surface area contributed by atoms with E-state index in [0.29, 0.717) is 23.7 Å². The van der Waals surface area contributed by atoms with E-state index in [4.69, 9.17) is 9.97 Å². The molecule has 2 unspecified atom stereocenters. The molecule has 4 nitrogen and oxygen atoms in total. The Morgan fingerprint density at radius 3 is 1.58 bits per heavy atom. The molecule has 2 heterocycles. The second kappa shape index (κ2) is 18.0. The van der Waals surface area contributed by atoms with Crippen LogP contribution >= 0.6 is 9.24 Å². The van der Waals surface area contributed by atoms with Gasteiger partial charge in [0.25, 0.3) is 0 Å². The van der Waals surface area contributed by atoms with E-state index >= 15 is 0 Å². The molecule has 0 amide bonds. The first-order valence-electron chi connectivity index (χ1n) is 21.1. The SMILES string of the molecule is CC(C)c1cccc(C(C)C)c1-n1ccnc1-c1ccc(C#Cc2cc(C#CP)cc(C#CC3=CCC(C)(c4nccn4-c4c(C(C)C)cccc4C(C)C)C=C3)c2)cc1. The Kier molecular flexibility index (Phi) is 12.6. The Bertz CT molecular complexity index is 2740. The molecule has 2 aromatic heterocycles. The average Bonchev–Trinajstić information content (AvgIpc) is 3.94. The van der Waals surface area contributed by atoms with E-state index in [9.17, 15) is 0 Å². The summed E-state index contributed by atoms with van der Waals surface area (Å²) in [6.07, 6.45) is 15.5. The minimum atomic E-state index is -0.278.